The van der Waals surface area contributed by atoms with Gasteiger partial charge in [0.25, 0.3) is 0 Å². The third-order valence-electron chi connectivity index (χ3n) is 13.4. The molecule has 0 bridgehead atoms. The Morgan fingerprint density at radius 1 is 0.867 bits per heavy atom. The van der Waals surface area contributed by atoms with Gasteiger partial charge in [-0.15, -0.1) is 0 Å². The molecule has 320 valence electrons. The lowest BCUT2D eigenvalue weighted by Crippen LogP contribution is -2.50. The van der Waals surface area contributed by atoms with Crippen LogP contribution in [0.1, 0.15) is 88.6 Å². The fourth-order valence-electron chi connectivity index (χ4n) is 9.92. The second-order valence-corrected chi connectivity index (χ2v) is 19.4. The van der Waals surface area contributed by atoms with Crippen LogP contribution < -0.4 is 9.64 Å². The number of likely N-dealkylation sites (tertiary alicyclic amines) is 2. The third kappa shape index (κ3) is 9.79. The van der Waals surface area contributed by atoms with Gasteiger partial charge in [0.1, 0.15) is 28.3 Å². The van der Waals surface area contributed by atoms with Gasteiger partial charge >= 0.3 is 12.1 Å². The number of hydrogen-bond acceptors (Lipinski definition) is 9. The second kappa shape index (κ2) is 17.4. The monoisotopic (exact) mass is 836 g/mol. The zero-order chi connectivity index (χ0) is 42.1. The van der Waals surface area contributed by atoms with Gasteiger partial charge in [-0.1, -0.05) is 36.2 Å². The predicted octanol–water partition coefficient (Wildman–Crippen LogP) is 9.67. The predicted molar refractivity (Wildman–Crippen MR) is 238 cm³/mol. The van der Waals surface area contributed by atoms with Gasteiger partial charge in [0.15, 0.2) is 0 Å². The molecule has 0 radical (unpaired) electrons. The number of carbonyl (C=O) groups excluding carboxylic acids is 2. The number of H-pyrrole nitrogens is 1. The van der Waals surface area contributed by atoms with E-state index in [1.807, 2.05) is 68.3 Å². The number of aromatic nitrogens is 2. The van der Waals surface area contributed by atoms with Crippen molar-refractivity contribution in [3.8, 4) is 11.5 Å². The molecule has 11 nitrogen and oxygen atoms in total. The summed E-state index contributed by atoms with van der Waals surface area (Å²) in [6, 6.07) is 18.0. The maximum absolute atomic E-state index is 12.8. The normalized spacial score (nSPS) is 21.7. The summed E-state index contributed by atoms with van der Waals surface area (Å²) in [7, 11) is 1.39. The van der Waals surface area contributed by atoms with Crippen LogP contribution in [0.3, 0.4) is 0 Å². The van der Waals surface area contributed by atoms with Gasteiger partial charge in [-0.25, -0.2) is 14.6 Å². The van der Waals surface area contributed by atoms with E-state index in [9.17, 15) is 9.59 Å². The lowest BCUT2D eigenvalue weighted by molar-refractivity contribution is -0.00675. The molecule has 0 saturated carbocycles. The minimum atomic E-state index is -0.464. The molecule has 1 aliphatic carbocycles. The molecule has 1 N–H and O–H groups in total. The Labute approximate surface area is 360 Å². The molecule has 3 aliphatic heterocycles. The summed E-state index contributed by atoms with van der Waals surface area (Å²) in [6.45, 7) is 17.8. The Morgan fingerprint density at radius 2 is 1.58 bits per heavy atom. The number of methoxy groups -OCH3 is 1. The van der Waals surface area contributed by atoms with Crippen LogP contribution in [-0.2, 0) is 9.47 Å². The van der Waals surface area contributed by atoms with Gasteiger partial charge in [0.2, 0.25) is 0 Å². The molecule has 60 heavy (non-hydrogen) atoms. The number of esters is 1. The van der Waals surface area contributed by atoms with Gasteiger partial charge < -0.3 is 33.9 Å². The Morgan fingerprint density at radius 3 is 2.28 bits per heavy atom. The van der Waals surface area contributed by atoms with E-state index >= 15 is 0 Å². The van der Waals surface area contributed by atoms with Gasteiger partial charge in [0.05, 0.1) is 13.3 Å². The van der Waals surface area contributed by atoms with E-state index in [-0.39, 0.29) is 11.5 Å². The molecule has 2 aromatic carbocycles. The summed E-state index contributed by atoms with van der Waals surface area (Å²) >= 11 is 6.36. The molecule has 5 heterocycles. The standard InChI is InChI=1S/C48H61ClN6O5/c1-46(2,3)60-45(57)55-22-17-48(18-23-55)15-20-53(21-16-48)33-47(4)14-12-40(34-6-8-37(49)9-7-34)36(30-47)32-52-24-26-54(27-25-52)38-10-11-41(44(56)58-5)42(29-38)59-39-28-35-13-19-50-43(35)51-31-39/h6-11,13,19,28-29,31H,12,14-18,20-27,30,32-33H2,1-5H3,(H,50,51)/t47-/m1/s1. The average molecular weight is 838 g/mol. The Kier molecular flexibility index (Phi) is 12.2. The third-order valence-corrected chi connectivity index (χ3v) is 13.6. The first-order valence-corrected chi connectivity index (χ1v) is 22.1. The number of allylic oxidation sites excluding steroid dienone is 1. The highest BCUT2D eigenvalue weighted by Crippen LogP contribution is 2.46. The van der Waals surface area contributed by atoms with Crippen molar-refractivity contribution in [2.45, 2.75) is 78.2 Å². The highest BCUT2D eigenvalue weighted by molar-refractivity contribution is 6.30. The second-order valence-electron chi connectivity index (χ2n) is 18.9. The van der Waals surface area contributed by atoms with Crippen molar-refractivity contribution in [1.29, 1.82) is 0 Å². The minimum absolute atomic E-state index is 0.171. The zero-order valence-electron chi connectivity index (χ0n) is 36.0. The molecule has 12 heteroatoms. The molecule has 1 spiro atoms. The lowest BCUT2D eigenvalue weighted by Gasteiger charge is -2.49. The van der Waals surface area contributed by atoms with Crippen LogP contribution in [0.2, 0.25) is 5.02 Å². The zero-order valence-corrected chi connectivity index (χ0v) is 36.8. The highest BCUT2D eigenvalue weighted by Gasteiger charge is 2.41. The van der Waals surface area contributed by atoms with Crippen molar-refractivity contribution in [3.63, 3.8) is 0 Å². The van der Waals surface area contributed by atoms with Crippen LogP contribution in [0, 0.1) is 10.8 Å². The molecule has 1 atom stereocenters. The van der Waals surface area contributed by atoms with Crippen molar-refractivity contribution < 1.29 is 23.8 Å². The first kappa shape index (κ1) is 42.1. The van der Waals surface area contributed by atoms with E-state index in [4.69, 9.17) is 25.8 Å². The first-order valence-electron chi connectivity index (χ1n) is 21.7. The number of amides is 1. The number of rotatable bonds is 9. The van der Waals surface area contributed by atoms with E-state index in [1.54, 1.807) is 17.8 Å². The molecule has 4 aliphatic rings. The van der Waals surface area contributed by atoms with E-state index < -0.39 is 11.6 Å². The molecule has 1 amide bonds. The summed E-state index contributed by atoms with van der Waals surface area (Å²) in [5.74, 6) is 0.563. The number of hydrogen-bond donors (Lipinski definition) is 1. The van der Waals surface area contributed by atoms with Gasteiger partial charge in [-0.2, -0.15) is 0 Å². The van der Waals surface area contributed by atoms with Crippen molar-refractivity contribution >= 4 is 46.0 Å². The van der Waals surface area contributed by atoms with Crippen LogP contribution in [0.25, 0.3) is 16.6 Å². The summed E-state index contributed by atoms with van der Waals surface area (Å²) in [6.07, 6.45) is 11.2. The van der Waals surface area contributed by atoms with Gasteiger partial charge in [-0.3, -0.25) is 4.90 Å². The van der Waals surface area contributed by atoms with Crippen LogP contribution in [0.5, 0.6) is 11.5 Å². The number of pyridine rings is 1. The van der Waals surface area contributed by atoms with Crippen molar-refractivity contribution in [2.24, 2.45) is 10.8 Å². The summed E-state index contributed by atoms with van der Waals surface area (Å²) in [4.78, 5) is 42.7. The van der Waals surface area contributed by atoms with Crippen LogP contribution >= 0.6 is 11.6 Å². The molecule has 3 fully saturated rings. The fraction of sp³-hybridized carbons (Fsp3) is 0.521. The molecule has 4 aromatic rings. The minimum Gasteiger partial charge on any atom is -0.465 e. The summed E-state index contributed by atoms with van der Waals surface area (Å²) in [5.41, 5.74) is 6.55. The van der Waals surface area contributed by atoms with Crippen LogP contribution in [-0.4, -0.2) is 115 Å². The lowest BCUT2D eigenvalue weighted by atomic mass is 9.69. The van der Waals surface area contributed by atoms with Crippen molar-refractivity contribution in [2.75, 3.05) is 77.5 Å². The Bertz CT molecular complexity index is 2190. The number of carbonyl (C=O) groups is 2. The quantitative estimate of drug-likeness (QED) is 0.165. The largest absolute Gasteiger partial charge is 0.465 e. The molecule has 3 saturated heterocycles. The molecule has 2 aromatic heterocycles. The molecule has 8 rings (SSSR count). The fourth-order valence-corrected chi connectivity index (χ4v) is 10.0. The van der Waals surface area contributed by atoms with Gasteiger partial charge in [0, 0.05) is 80.7 Å². The number of nitrogens with zero attached hydrogens (tertiary/aromatic N) is 5. The van der Waals surface area contributed by atoms with E-state index in [0.29, 0.717) is 22.5 Å². The van der Waals surface area contributed by atoms with Crippen LogP contribution in [0.4, 0.5) is 10.5 Å². The van der Waals surface area contributed by atoms with E-state index in [0.717, 1.165) is 119 Å². The van der Waals surface area contributed by atoms with Crippen LogP contribution in [0.15, 0.2) is 72.6 Å². The molecular formula is C48H61ClN6O5. The number of nitrogens with one attached hydrogen (secondary N) is 1. The number of fused-ring (bicyclic) bond motifs is 1. The summed E-state index contributed by atoms with van der Waals surface area (Å²) < 4.78 is 17.1. The van der Waals surface area contributed by atoms with Crippen molar-refractivity contribution in [1.82, 2.24) is 24.7 Å². The Hall–Kier alpha value is -4.58. The maximum atomic E-state index is 12.8. The topological polar surface area (TPSA) is 103 Å². The number of anilines is 1. The molecule has 0 unspecified atom stereocenters. The number of benzene rings is 2. The maximum Gasteiger partial charge on any atom is 0.410 e. The first-order chi connectivity index (χ1) is 28.8. The number of ether oxygens (including phenoxy) is 3. The van der Waals surface area contributed by atoms with E-state index in [2.05, 4.69) is 43.7 Å². The summed E-state index contributed by atoms with van der Waals surface area (Å²) in [5, 5.41) is 1.70. The Balaban J connectivity index is 0.909. The SMILES string of the molecule is COC(=O)c1ccc(N2CCN(CC3=C(c4ccc(Cl)cc4)CC[C@@](C)(CN4CCC5(CC4)CCN(C(=O)OC(C)(C)C)CC5)C3)CC2)cc1Oc1cnc2[nH]ccc2c1. The highest BCUT2D eigenvalue weighted by atomic mass is 35.5. The smallest absolute Gasteiger partial charge is 0.410 e. The van der Waals surface area contributed by atoms with Gasteiger partial charge in [-0.05, 0) is 137 Å². The number of aromatic amines is 1. The number of piperazine rings is 1. The molecular weight excluding hydrogens is 776 g/mol. The van der Waals surface area contributed by atoms with E-state index in [1.165, 1.54) is 31.1 Å². The number of piperidine rings is 2. The van der Waals surface area contributed by atoms with Crippen molar-refractivity contribution in [3.05, 3.63) is 88.7 Å². The average Bonchev–Trinajstić information content (AvgIpc) is 3.70. The number of halogens is 1.